The minimum atomic E-state index is -0.802. The number of aryl methyl sites for hydroxylation is 1. The number of tetrazole rings is 1. The van der Waals surface area contributed by atoms with Gasteiger partial charge in [0.05, 0.1) is 0 Å². The number of rotatable bonds is 14. The van der Waals surface area contributed by atoms with Crippen LogP contribution in [0.2, 0.25) is 0 Å². The molecule has 51 heavy (non-hydrogen) atoms. The Hall–Kier alpha value is -5.30. The minimum absolute atomic E-state index is 0.00192. The number of hydrogen-bond acceptors (Lipinski definition) is 9. The van der Waals surface area contributed by atoms with Gasteiger partial charge in [-0.1, -0.05) is 30.3 Å². The Bertz CT molecular complexity index is 1820. The Morgan fingerprint density at radius 3 is 2.33 bits per heavy atom. The van der Waals surface area contributed by atoms with Gasteiger partial charge in [-0.15, -0.1) is 10.2 Å². The van der Waals surface area contributed by atoms with Gasteiger partial charge in [-0.3, -0.25) is 19.2 Å². The first kappa shape index (κ1) is 35.5. The van der Waals surface area contributed by atoms with Gasteiger partial charge in [0.2, 0.25) is 23.5 Å². The highest BCUT2D eigenvalue weighted by Gasteiger charge is 2.30. The Morgan fingerprint density at radius 2 is 1.69 bits per heavy atom. The van der Waals surface area contributed by atoms with E-state index in [9.17, 15) is 19.2 Å². The van der Waals surface area contributed by atoms with Crippen LogP contribution in [0.5, 0.6) is 0 Å². The number of aromatic nitrogens is 5. The Labute approximate surface area is 297 Å². The number of nitrogens with one attached hydrogen (secondary N) is 4. The van der Waals surface area contributed by atoms with Crippen LogP contribution in [0.3, 0.4) is 0 Å². The van der Waals surface area contributed by atoms with Crippen LogP contribution >= 0.6 is 0 Å². The zero-order valence-electron chi connectivity index (χ0n) is 28.9. The van der Waals surface area contributed by atoms with Gasteiger partial charge < -0.3 is 21.7 Å². The number of amides is 3. The summed E-state index contributed by atoms with van der Waals surface area (Å²) in [6.07, 6.45) is 6.17. The molecule has 0 radical (unpaired) electrons. The SMILES string of the molecule is Cc1nc(C(=O)CCCC2CCNC2=O)ccc1-c1ccc(CC(NC(=O)C2CCC(CN)CC2)C(=O)Nc2ccc(-c3nn[nH]n3)cc2)cc1. The smallest absolute Gasteiger partial charge is 0.247 e. The van der Waals surface area contributed by atoms with E-state index in [1.54, 1.807) is 30.3 Å². The van der Waals surface area contributed by atoms with Crippen LogP contribution in [0, 0.1) is 24.7 Å². The highest BCUT2D eigenvalue weighted by molar-refractivity contribution is 5.98. The van der Waals surface area contributed by atoms with Gasteiger partial charge in [-0.05, 0) is 111 Å². The third kappa shape index (κ3) is 9.09. The first-order valence-electron chi connectivity index (χ1n) is 17.8. The Kier molecular flexibility index (Phi) is 11.6. The summed E-state index contributed by atoms with van der Waals surface area (Å²) in [7, 11) is 0. The molecule has 4 aromatic rings. The molecule has 3 amide bonds. The molecule has 0 spiro atoms. The van der Waals surface area contributed by atoms with Gasteiger partial charge in [0.25, 0.3) is 0 Å². The molecular weight excluding hydrogens is 646 g/mol. The van der Waals surface area contributed by atoms with Crippen molar-refractivity contribution in [2.45, 2.75) is 70.8 Å². The summed E-state index contributed by atoms with van der Waals surface area (Å²) in [6, 6.07) is 17.8. The molecular formula is C38H45N9O4. The van der Waals surface area contributed by atoms with Crippen LogP contribution in [-0.2, 0) is 20.8 Å². The predicted molar refractivity (Wildman–Crippen MR) is 192 cm³/mol. The first-order valence-corrected chi connectivity index (χ1v) is 17.8. The van der Waals surface area contributed by atoms with E-state index in [1.165, 1.54) is 0 Å². The number of nitrogens with two attached hydrogens (primary N) is 1. The third-order valence-electron chi connectivity index (χ3n) is 10.1. The molecule has 13 nitrogen and oxygen atoms in total. The highest BCUT2D eigenvalue weighted by Crippen LogP contribution is 2.29. The number of carbonyl (C=O) groups excluding carboxylic acids is 4. The average Bonchev–Trinajstić information content (AvgIpc) is 3.84. The highest BCUT2D eigenvalue weighted by atomic mass is 16.2. The fourth-order valence-corrected chi connectivity index (χ4v) is 7.01. The lowest BCUT2D eigenvalue weighted by atomic mass is 9.81. The van der Waals surface area contributed by atoms with E-state index in [2.05, 4.69) is 41.6 Å². The lowest BCUT2D eigenvalue weighted by Gasteiger charge is -2.28. The molecule has 0 bridgehead atoms. The number of pyridine rings is 1. The summed E-state index contributed by atoms with van der Waals surface area (Å²) in [6.45, 7) is 3.22. The van der Waals surface area contributed by atoms with Crippen molar-refractivity contribution >= 4 is 29.2 Å². The molecule has 1 saturated carbocycles. The van der Waals surface area contributed by atoms with E-state index < -0.39 is 6.04 Å². The zero-order valence-corrected chi connectivity index (χ0v) is 28.9. The maximum atomic E-state index is 13.7. The molecule has 266 valence electrons. The van der Waals surface area contributed by atoms with Crippen LogP contribution in [0.4, 0.5) is 5.69 Å². The normalized spacial score (nSPS) is 19.3. The molecule has 2 fully saturated rings. The maximum Gasteiger partial charge on any atom is 0.247 e. The molecule has 6 N–H and O–H groups in total. The van der Waals surface area contributed by atoms with Crippen molar-refractivity contribution in [1.29, 1.82) is 0 Å². The Morgan fingerprint density at radius 1 is 0.941 bits per heavy atom. The first-order chi connectivity index (χ1) is 24.8. The zero-order chi connectivity index (χ0) is 35.7. The topological polar surface area (TPSA) is 198 Å². The molecule has 2 aromatic heterocycles. The quantitative estimate of drug-likeness (QED) is 0.121. The number of aromatic amines is 1. The maximum absolute atomic E-state index is 13.7. The minimum Gasteiger partial charge on any atom is -0.356 e. The lowest BCUT2D eigenvalue weighted by molar-refractivity contribution is -0.130. The number of nitrogens with zero attached hydrogens (tertiary/aromatic N) is 4. The Balaban J connectivity index is 1.11. The van der Waals surface area contributed by atoms with Gasteiger partial charge in [0, 0.05) is 53.7 Å². The van der Waals surface area contributed by atoms with E-state index in [-0.39, 0.29) is 35.3 Å². The monoisotopic (exact) mass is 691 g/mol. The van der Waals surface area contributed by atoms with Crippen molar-refractivity contribution in [2.24, 2.45) is 23.5 Å². The number of carbonyl (C=O) groups is 4. The second kappa shape index (κ2) is 16.6. The van der Waals surface area contributed by atoms with E-state index in [0.29, 0.717) is 61.9 Å². The van der Waals surface area contributed by atoms with Crippen molar-refractivity contribution in [1.82, 2.24) is 36.2 Å². The third-order valence-corrected chi connectivity index (χ3v) is 10.1. The number of ketones is 1. The molecule has 2 aliphatic rings. The van der Waals surface area contributed by atoms with E-state index in [4.69, 9.17) is 5.73 Å². The van der Waals surface area contributed by atoms with Crippen molar-refractivity contribution in [3.63, 3.8) is 0 Å². The molecule has 1 saturated heterocycles. The second-order valence-corrected chi connectivity index (χ2v) is 13.6. The summed E-state index contributed by atoms with van der Waals surface area (Å²) < 4.78 is 0. The standard InChI is InChI=1S/C38H45N9O4/c1-23-31(17-18-32(41-23)34(48)4-2-3-28-19-20-40-36(28)49)26-9-5-24(6-10-26)21-33(43-37(50)29-11-7-25(22-39)8-12-29)38(51)42-30-15-13-27(14-16-30)35-44-46-47-45-35/h5-6,9-10,13-18,25,28-29,33H,2-4,7-8,11-12,19-22,39H2,1H3,(H,40,49)(H,42,51)(H,43,50)(H,44,45,46,47). The number of hydrogen-bond donors (Lipinski definition) is 5. The van der Waals surface area contributed by atoms with Gasteiger partial charge in [-0.25, -0.2) is 4.98 Å². The van der Waals surface area contributed by atoms with E-state index in [1.807, 2.05) is 37.3 Å². The summed E-state index contributed by atoms with van der Waals surface area (Å²) >= 11 is 0. The average molecular weight is 692 g/mol. The van der Waals surface area contributed by atoms with E-state index in [0.717, 1.165) is 60.1 Å². The molecule has 6 rings (SSSR count). The summed E-state index contributed by atoms with van der Waals surface area (Å²) in [5.41, 5.74) is 11.1. The summed E-state index contributed by atoms with van der Waals surface area (Å²) in [5.74, 6) is 0.359. The molecule has 2 atom stereocenters. The molecule has 1 aliphatic carbocycles. The van der Waals surface area contributed by atoms with Crippen LogP contribution in [0.15, 0.2) is 60.7 Å². The molecule has 2 unspecified atom stereocenters. The van der Waals surface area contributed by atoms with Crippen LogP contribution in [0.25, 0.3) is 22.5 Å². The molecule has 1 aliphatic heterocycles. The second-order valence-electron chi connectivity index (χ2n) is 13.6. The van der Waals surface area contributed by atoms with Gasteiger partial charge in [0.15, 0.2) is 5.78 Å². The van der Waals surface area contributed by atoms with Crippen LogP contribution in [0.1, 0.15) is 73.1 Å². The predicted octanol–water partition coefficient (Wildman–Crippen LogP) is 4.16. The van der Waals surface area contributed by atoms with Gasteiger partial charge in [-0.2, -0.15) is 5.21 Å². The number of anilines is 1. The van der Waals surface area contributed by atoms with Crippen LogP contribution < -0.4 is 21.7 Å². The molecule has 2 aromatic carbocycles. The number of Topliss-reactive ketones (excluding diaryl/α,β-unsaturated/α-hetero) is 1. The van der Waals surface area contributed by atoms with Crippen molar-refractivity contribution in [3.05, 3.63) is 77.6 Å². The number of H-pyrrole nitrogens is 1. The fraction of sp³-hybridized carbons (Fsp3) is 0.421. The van der Waals surface area contributed by atoms with E-state index >= 15 is 0 Å². The summed E-state index contributed by atoms with van der Waals surface area (Å²) in [4.78, 5) is 56.4. The van der Waals surface area contributed by atoms with Gasteiger partial charge in [0.1, 0.15) is 11.7 Å². The van der Waals surface area contributed by atoms with Crippen molar-refractivity contribution in [3.8, 4) is 22.5 Å². The molecule has 3 heterocycles. The summed E-state index contributed by atoms with van der Waals surface area (Å²) in [5, 5.41) is 22.8. The van der Waals surface area contributed by atoms with Gasteiger partial charge >= 0.3 is 0 Å². The van der Waals surface area contributed by atoms with Crippen molar-refractivity contribution in [2.75, 3.05) is 18.4 Å². The lowest BCUT2D eigenvalue weighted by Crippen LogP contribution is -2.48. The fourth-order valence-electron chi connectivity index (χ4n) is 7.01. The molecule has 13 heteroatoms. The largest absolute Gasteiger partial charge is 0.356 e. The number of benzene rings is 2. The van der Waals surface area contributed by atoms with Crippen LogP contribution in [-0.4, -0.2) is 68.2 Å². The van der Waals surface area contributed by atoms with Crippen molar-refractivity contribution < 1.29 is 19.2 Å².